The number of benzene rings is 1. The minimum atomic E-state index is -0.426. The number of halogens is 2. The molecule has 1 aromatic heterocycles. The molecule has 0 saturated heterocycles. The van der Waals surface area contributed by atoms with E-state index in [1.54, 1.807) is 0 Å². The number of fused-ring (bicyclic) bond motifs is 1. The normalized spacial score (nSPS) is 13.7. The van der Waals surface area contributed by atoms with Gasteiger partial charge in [0.05, 0.1) is 0 Å². The maximum Gasteiger partial charge on any atom is 0.325 e. The summed E-state index contributed by atoms with van der Waals surface area (Å²) in [7, 11) is 0. The molecule has 0 spiro atoms. The van der Waals surface area contributed by atoms with Crippen LogP contribution >= 0.6 is 24.8 Å². The van der Waals surface area contributed by atoms with Crippen LogP contribution in [0.5, 0.6) is 0 Å². The second-order valence-electron chi connectivity index (χ2n) is 4.81. The summed E-state index contributed by atoms with van der Waals surface area (Å²) in [5.41, 5.74) is 2.02. The summed E-state index contributed by atoms with van der Waals surface area (Å²) in [6.45, 7) is 2.27. The Balaban J connectivity index is 0.00000110. The summed E-state index contributed by atoms with van der Waals surface area (Å²) in [5, 5.41) is 0. The van der Waals surface area contributed by atoms with E-state index in [-0.39, 0.29) is 30.4 Å². The molecular weight excluding hydrogens is 313 g/mol. The Morgan fingerprint density at radius 1 is 1.05 bits per heavy atom. The maximum atomic E-state index is 11.7. The van der Waals surface area contributed by atoms with Crippen molar-refractivity contribution >= 4 is 24.8 Å². The molecule has 0 unspecified atom stereocenters. The zero-order valence-electron chi connectivity index (χ0n) is 11.3. The lowest BCUT2D eigenvalue weighted by atomic mass is 10.1. The Labute approximate surface area is 134 Å². The first-order valence-electron chi connectivity index (χ1n) is 6.33. The van der Waals surface area contributed by atoms with Crippen LogP contribution in [0.15, 0.2) is 39.9 Å². The Kier molecular flexibility index (Phi) is 6.20. The predicted molar refractivity (Wildman–Crippen MR) is 86.4 cm³/mol. The molecule has 21 heavy (non-hydrogen) atoms. The van der Waals surface area contributed by atoms with Gasteiger partial charge in [-0.15, -0.1) is 24.8 Å². The number of hydrogen-bond acceptors (Lipinski definition) is 3. The smallest absolute Gasteiger partial charge is 0.310 e. The summed E-state index contributed by atoms with van der Waals surface area (Å²) < 4.78 is 0. The van der Waals surface area contributed by atoms with Gasteiger partial charge in [0.1, 0.15) is 0 Å². The zero-order valence-corrected chi connectivity index (χ0v) is 12.9. The van der Waals surface area contributed by atoms with Gasteiger partial charge >= 0.3 is 5.69 Å². The third kappa shape index (κ3) is 3.97. The minimum absolute atomic E-state index is 0. The lowest BCUT2D eigenvalue weighted by molar-refractivity contribution is 0.240. The van der Waals surface area contributed by atoms with Gasteiger partial charge in [-0.3, -0.25) is 14.7 Å². The van der Waals surface area contributed by atoms with Crippen molar-refractivity contribution in [3.05, 3.63) is 68.0 Å². The van der Waals surface area contributed by atoms with E-state index < -0.39 is 5.69 Å². The van der Waals surface area contributed by atoms with E-state index in [4.69, 9.17) is 0 Å². The molecule has 0 bridgehead atoms. The van der Waals surface area contributed by atoms with Crippen molar-refractivity contribution in [3.8, 4) is 0 Å². The fraction of sp³-hybridized carbons (Fsp3) is 0.286. The molecule has 114 valence electrons. The largest absolute Gasteiger partial charge is 0.325 e. The first-order chi connectivity index (χ1) is 9.22. The van der Waals surface area contributed by atoms with Gasteiger partial charge in [-0.05, 0) is 12.0 Å². The van der Waals surface area contributed by atoms with Crippen molar-refractivity contribution in [2.75, 3.05) is 6.54 Å². The van der Waals surface area contributed by atoms with Crippen LogP contribution in [0.4, 0.5) is 0 Å². The van der Waals surface area contributed by atoms with Crippen LogP contribution < -0.4 is 11.2 Å². The number of aromatic amines is 2. The number of aromatic nitrogens is 2. The highest BCUT2D eigenvalue weighted by atomic mass is 35.5. The molecule has 1 aliphatic heterocycles. The number of nitrogens with one attached hydrogen (secondary N) is 2. The first kappa shape index (κ1) is 17.5. The fourth-order valence-electron chi connectivity index (χ4n) is 2.51. The van der Waals surface area contributed by atoms with Crippen LogP contribution in [0.1, 0.15) is 16.8 Å². The van der Waals surface area contributed by atoms with Gasteiger partial charge in [-0.2, -0.15) is 0 Å². The molecule has 7 heteroatoms. The monoisotopic (exact) mass is 329 g/mol. The van der Waals surface area contributed by atoms with Crippen molar-refractivity contribution in [1.82, 2.24) is 14.9 Å². The lowest BCUT2D eigenvalue weighted by Crippen LogP contribution is -2.38. The Morgan fingerprint density at radius 3 is 2.48 bits per heavy atom. The molecular formula is C14H17Cl2N3O2. The summed E-state index contributed by atoms with van der Waals surface area (Å²) in [6.07, 6.45) is 0.675. The molecule has 0 fully saturated rings. The van der Waals surface area contributed by atoms with Crippen LogP contribution in [0.2, 0.25) is 0 Å². The maximum absolute atomic E-state index is 11.7. The molecule has 0 aliphatic carbocycles. The SMILES string of the molecule is Cl.Cl.O=c1[nH]c2c(c(=O)[nH]1)CCN(Cc1ccccc1)C2. The molecule has 2 heterocycles. The van der Waals surface area contributed by atoms with Crippen molar-refractivity contribution < 1.29 is 0 Å². The number of nitrogens with zero attached hydrogens (tertiary/aromatic N) is 1. The van der Waals surface area contributed by atoms with Crippen molar-refractivity contribution in [3.63, 3.8) is 0 Å². The van der Waals surface area contributed by atoms with Gasteiger partial charge in [0.2, 0.25) is 0 Å². The van der Waals surface area contributed by atoms with E-state index in [0.29, 0.717) is 18.5 Å². The van der Waals surface area contributed by atoms with E-state index in [1.165, 1.54) is 5.56 Å². The first-order valence-corrected chi connectivity index (χ1v) is 6.33. The molecule has 0 atom stereocenters. The molecule has 0 radical (unpaired) electrons. The average molecular weight is 330 g/mol. The van der Waals surface area contributed by atoms with E-state index in [1.807, 2.05) is 18.2 Å². The number of hydrogen-bond donors (Lipinski definition) is 2. The molecule has 1 aromatic carbocycles. The predicted octanol–water partition coefficient (Wildman–Crippen LogP) is 1.47. The van der Waals surface area contributed by atoms with E-state index in [0.717, 1.165) is 18.8 Å². The topological polar surface area (TPSA) is 69.0 Å². The van der Waals surface area contributed by atoms with Gasteiger partial charge < -0.3 is 4.98 Å². The summed E-state index contributed by atoms with van der Waals surface area (Å²) in [4.78, 5) is 30.2. The Bertz CT molecular complexity index is 697. The standard InChI is InChI=1S/C14H15N3O2.2ClH/c18-13-11-6-7-17(8-10-4-2-1-3-5-10)9-12(11)15-14(19)16-13;;/h1-5H,6-9H2,(H2,15,16,18,19);2*1H. The summed E-state index contributed by atoms with van der Waals surface area (Å²) in [5.74, 6) is 0. The second-order valence-corrected chi connectivity index (χ2v) is 4.81. The van der Waals surface area contributed by atoms with Gasteiger partial charge in [0.25, 0.3) is 5.56 Å². The van der Waals surface area contributed by atoms with Gasteiger partial charge in [-0.1, -0.05) is 30.3 Å². The molecule has 2 aromatic rings. The molecule has 0 amide bonds. The third-order valence-corrected chi connectivity index (χ3v) is 3.44. The molecule has 5 nitrogen and oxygen atoms in total. The van der Waals surface area contributed by atoms with E-state index >= 15 is 0 Å². The van der Waals surface area contributed by atoms with Crippen molar-refractivity contribution in [2.45, 2.75) is 19.5 Å². The molecule has 1 aliphatic rings. The van der Waals surface area contributed by atoms with Gasteiger partial charge in [-0.25, -0.2) is 4.79 Å². The molecule has 2 N–H and O–H groups in total. The van der Waals surface area contributed by atoms with Crippen molar-refractivity contribution in [2.24, 2.45) is 0 Å². The van der Waals surface area contributed by atoms with Crippen LogP contribution in [0.25, 0.3) is 0 Å². The number of rotatable bonds is 2. The van der Waals surface area contributed by atoms with Crippen LogP contribution in [-0.2, 0) is 19.5 Å². The number of H-pyrrole nitrogens is 2. The lowest BCUT2D eigenvalue weighted by Gasteiger charge is -2.27. The molecule has 3 rings (SSSR count). The van der Waals surface area contributed by atoms with Crippen LogP contribution in [0, 0.1) is 0 Å². The zero-order chi connectivity index (χ0) is 13.2. The van der Waals surface area contributed by atoms with Gasteiger partial charge in [0.15, 0.2) is 0 Å². The highest BCUT2D eigenvalue weighted by Gasteiger charge is 2.19. The average Bonchev–Trinajstić information content (AvgIpc) is 2.39. The van der Waals surface area contributed by atoms with E-state index in [9.17, 15) is 9.59 Å². The fourth-order valence-corrected chi connectivity index (χ4v) is 2.51. The quantitative estimate of drug-likeness (QED) is 0.876. The van der Waals surface area contributed by atoms with Gasteiger partial charge in [0, 0.05) is 30.9 Å². The third-order valence-electron chi connectivity index (χ3n) is 3.44. The van der Waals surface area contributed by atoms with Crippen molar-refractivity contribution in [1.29, 1.82) is 0 Å². The summed E-state index contributed by atoms with van der Waals surface area (Å²) in [6, 6.07) is 10.2. The summed E-state index contributed by atoms with van der Waals surface area (Å²) >= 11 is 0. The Hall–Kier alpha value is -1.56. The van der Waals surface area contributed by atoms with E-state index in [2.05, 4.69) is 27.0 Å². The molecule has 0 saturated carbocycles. The van der Waals surface area contributed by atoms with Crippen LogP contribution in [0.3, 0.4) is 0 Å². The highest BCUT2D eigenvalue weighted by molar-refractivity contribution is 5.85. The van der Waals surface area contributed by atoms with Crippen LogP contribution in [-0.4, -0.2) is 21.4 Å². The second kappa shape index (κ2) is 7.45. The highest BCUT2D eigenvalue weighted by Crippen LogP contribution is 2.15. The Morgan fingerprint density at radius 2 is 1.76 bits per heavy atom. The minimum Gasteiger partial charge on any atom is -0.310 e.